The molecule has 2 aromatic rings. The van der Waals surface area contributed by atoms with Gasteiger partial charge in [-0.2, -0.15) is 11.3 Å². The number of nitrogens with one attached hydrogen (secondary N) is 1. The number of hydrogen-bond acceptors (Lipinski definition) is 3. The molecule has 1 aromatic carbocycles. The molecule has 1 unspecified atom stereocenters. The van der Waals surface area contributed by atoms with Gasteiger partial charge in [0.1, 0.15) is 5.75 Å². The fourth-order valence-corrected chi connectivity index (χ4v) is 3.01. The monoisotopic (exact) mass is 259 g/mol. The number of benzene rings is 1. The van der Waals surface area contributed by atoms with Crippen LogP contribution in [-0.2, 0) is 13.0 Å². The standard InChI is InChI=1S/C15H17NOS/c1-11(14-5-7-18-10-14)16-9-12-2-3-15-13(8-12)4-6-17-15/h2-3,5,7-8,10-11,16H,4,6,9H2,1H3. The molecule has 0 spiro atoms. The summed E-state index contributed by atoms with van der Waals surface area (Å²) in [5, 5.41) is 7.89. The van der Waals surface area contributed by atoms with Gasteiger partial charge in [0.05, 0.1) is 6.61 Å². The quantitative estimate of drug-likeness (QED) is 0.907. The first-order valence-corrected chi connectivity index (χ1v) is 7.27. The van der Waals surface area contributed by atoms with Gasteiger partial charge in [-0.15, -0.1) is 0 Å². The molecule has 1 atom stereocenters. The zero-order valence-corrected chi connectivity index (χ0v) is 11.3. The molecule has 0 amide bonds. The summed E-state index contributed by atoms with van der Waals surface area (Å²) in [6.07, 6.45) is 1.04. The van der Waals surface area contributed by atoms with Gasteiger partial charge in [-0.3, -0.25) is 0 Å². The molecule has 0 saturated carbocycles. The van der Waals surface area contributed by atoms with Crippen molar-refractivity contribution < 1.29 is 4.74 Å². The van der Waals surface area contributed by atoms with E-state index in [1.54, 1.807) is 11.3 Å². The van der Waals surface area contributed by atoms with Crippen LogP contribution in [0.25, 0.3) is 0 Å². The summed E-state index contributed by atoms with van der Waals surface area (Å²) in [5.41, 5.74) is 4.04. The van der Waals surface area contributed by atoms with Crippen LogP contribution < -0.4 is 10.1 Å². The Labute approximate surface area is 112 Å². The molecule has 0 aliphatic carbocycles. The van der Waals surface area contributed by atoms with Gasteiger partial charge in [-0.25, -0.2) is 0 Å². The average Bonchev–Trinajstić information content (AvgIpc) is 3.05. The largest absolute Gasteiger partial charge is 0.493 e. The lowest BCUT2D eigenvalue weighted by Crippen LogP contribution is -2.17. The Bertz CT molecular complexity index is 521. The van der Waals surface area contributed by atoms with Crippen molar-refractivity contribution in [3.05, 3.63) is 51.7 Å². The molecule has 0 radical (unpaired) electrons. The summed E-state index contributed by atoms with van der Waals surface area (Å²) in [5.74, 6) is 1.06. The first kappa shape index (κ1) is 11.8. The van der Waals surface area contributed by atoms with Gasteiger partial charge in [0.25, 0.3) is 0 Å². The Balaban J connectivity index is 1.63. The van der Waals surface area contributed by atoms with Gasteiger partial charge < -0.3 is 10.1 Å². The summed E-state index contributed by atoms with van der Waals surface area (Å²) in [6.45, 7) is 3.94. The van der Waals surface area contributed by atoms with Crippen molar-refractivity contribution in [3.8, 4) is 5.75 Å². The number of fused-ring (bicyclic) bond motifs is 1. The molecule has 1 aliphatic rings. The van der Waals surface area contributed by atoms with Crippen LogP contribution in [0.2, 0.25) is 0 Å². The number of ether oxygens (including phenoxy) is 1. The third kappa shape index (κ3) is 2.42. The van der Waals surface area contributed by atoms with E-state index in [-0.39, 0.29) is 0 Å². The smallest absolute Gasteiger partial charge is 0.122 e. The third-order valence-corrected chi connectivity index (χ3v) is 4.11. The maximum atomic E-state index is 5.52. The summed E-state index contributed by atoms with van der Waals surface area (Å²) >= 11 is 1.75. The lowest BCUT2D eigenvalue weighted by molar-refractivity contribution is 0.357. The fourth-order valence-electron chi connectivity index (χ4n) is 2.26. The third-order valence-electron chi connectivity index (χ3n) is 3.41. The highest BCUT2D eigenvalue weighted by atomic mass is 32.1. The lowest BCUT2D eigenvalue weighted by atomic mass is 10.1. The van der Waals surface area contributed by atoms with E-state index in [2.05, 4.69) is 47.3 Å². The van der Waals surface area contributed by atoms with Gasteiger partial charge in [0.15, 0.2) is 0 Å². The highest BCUT2D eigenvalue weighted by Gasteiger charge is 2.12. The molecule has 2 heterocycles. The van der Waals surface area contributed by atoms with E-state index in [9.17, 15) is 0 Å². The topological polar surface area (TPSA) is 21.3 Å². The van der Waals surface area contributed by atoms with Crippen molar-refractivity contribution in [1.29, 1.82) is 0 Å². The minimum absolute atomic E-state index is 0.403. The highest BCUT2D eigenvalue weighted by Crippen LogP contribution is 2.26. The number of hydrogen-bond donors (Lipinski definition) is 1. The molecule has 0 fully saturated rings. The van der Waals surface area contributed by atoms with E-state index in [4.69, 9.17) is 4.74 Å². The van der Waals surface area contributed by atoms with Crippen molar-refractivity contribution in [2.75, 3.05) is 6.61 Å². The maximum Gasteiger partial charge on any atom is 0.122 e. The van der Waals surface area contributed by atoms with Crippen LogP contribution >= 0.6 is 11.3 Å². The van der Waals surface area contributed by atoms with E-state index < -0.39 is 0 Å². The van der Waals surface area contributed by atoms with Crippen LogP contribution in [0.5, 0.6) is 5.75 Å². The Morgan fingerprint density at radius 2 is 2.33 bits per heavy atom. The highest BCUT2D eigenvalue weighted by molar-refractivity contribution is 7.07. The van der Waals surface area contributed by atoms with Crippen molar-refractivity contribution in [2.24, 2.45) is 0 Å². The summed E-state index contributed by atoms with van der Waals surface area (Å²) < 4.78 is 5.52. The van der Waals surface area contributed by atoms with Gasteiger partial charge >= 0.3 is 0 Å². The average molecular weight is 259 g/mol. The molecule has 0 saturated heterocycles. The molecule has 94 valence electrons. The molecule has 18 heavy (non-hydrogen) atoms. The van der Waals surface area contributed by atoms with Gasteiger partial charge in [-0.05, 0) is 46.5 Å². The minimum Gasteiger partial charge on any atom is -0.493 e. The summed E-state index contributed by atoms with van der Waals surface area (Å²) in [4.78, 5) is 0. The van der Waals surface area contributed by atoms with Crippen LogP contribution in [0.15, 0.2) is 35.0 Å². The Morgan fingerprint density at radius 1 is 1.39 bits per heavy atom. The predicted molar refractivity (Wildman–Crippen MR) is 75.2 cm³/mol. The van der Waals surface area contributed by atoms with E-state index in [0.29, 0.717) is 6.04 Å². The van der Waals surface area contributed by atoms with Crippen molar-refractivity contribution >= 4 is 11.3 Å². The second-order valence-electron chi connectivity index (χ2n) is 4.70. The van der Waals surface area contributed by atoms with Crippen LogP contribution in [0, 0.1) is 0 Å². The molecule has 0 bridgehead atoms. The van der Waals surface area contributed by atoms with Crippen LogP contribution in [0.1, 0.15) is 29.7 Å². The zero-order chi connectivity index (χ0) is 12.4. The Hall–Kier alpha value is -1.32. The van der Waals surface area contributed by atoms with Gasteiger partial charge in [0, 0.05) is 19.0 Å². The van der Waals surface area contributed by atoms with E-state index in [0.717, 1.165) is 25.3 Å². The predicted octanol–water partition coefficient (Wildman–Crippen LogP) is 3.53. The SMILES string of the molecule is CC(NCc1ccc2c(c1)CCO2)c1ccsc1. The zero-order valence-electron chi connectivity index (χ0n) is 10.5. The van der Waals surface area contributed by atoms with E-state index in [1.165, 1.54) is 16.7 Å². The molecule has 1 aromatic heterocycles. The summed E-state index contributed by atoms with van der Waals surface area (Å²) in [6, 6.07) is 9.08. The van der Waals surface area contributed by atoms with Crippen molar-refractivity contribution in [2.45, 2.75) is 25.9 Å². The van der Waals surface area contributed by atoms with E-state index in [1.807, 2.05) is 0 Å². The second-order valence-corrected chi connectivity index (χ2v) is 5.48. The van der Waals surface area contributed by atoms with Gasteiger partial charge in [-0.1, -0.05) is 12.1 Å². The normalized spacial score (nSPS) is 15.2. The van der Waals surface area contributed by atoms with Crippen LogP contribution in [0.3, 0.4) is 0 Å². The van der Waals surface area contributed by atoms with E-state index >= 15 is 0 Å². The molecule has 3 heteroatoms. The van der Waals surface area contributed by atoms with Crippen LogP contribution in [0.4, 0.5) is 0 Å². The Kier molecular flexibility index (Phi) is 3.35. The van der Waals surface area contributed by atoms with Crippen molar-refractivity contribution in [1.82, 2.24) is 5.32 Å². The summed E-state index contributed by atoms with van der Waals surface area (Å²) in [7, 11) is 0. The second kappa shape index (κ2) is 5.12. The van der Waals surface area contributed by atoms with Gasteiger partial charge in [0.2, 0.25) is 0 Å². The van der Waals surface area contributed by atoms with Crippen LogP contribution in [-0.4, -0.2) is 6.61 Å². The first-order chi connectivity index (χ1) is 8.83. The molecule has 3 rings (SSSR count). The fraction of sp³-hybridized carbons (Fsp3) is 0.333. The Morgan fingerprint density at radius 3 is 3.17 bits per heavy atom. The minimum atomic E-state index is 0.403. The maximum absolute atomic E-state index is 5.52. The van der Waals surface area contributed by atoms with Crippen molar-refractivity contribution in [3.63, 3.8) is 0 Å². The molecular formula is C15H17NOS. The number of rotatable bonds is 4. The first-order valence-electron chi connectivity index (χ1n) is 6.33. The number of thiophene rings is 1. The molecular weight excluding hydrogens is 242 g/mol. The molecule has 1 N–H and O–H groups in total. The molecule has 2 nitrogen and oxygen atoms in total. The molecule has 1 aliphatic heterocycles. The lowest BCUT2D eigenvalue weighted by Gasteiger charge is -2.13.